The molecule has 1 amide bonds. The van der Waals surface area contributed by atoms with Crippen LogP contribution in [0, 0.1) is 0 Å². The minimum atomic E-state index is -1.03. The number of ether oxygens (including phenoxy) is 1. The number of nitrogens with two attached hydrogens (primary N) is 1. The second-order valence-corrected chi connectivity index (χ2v) is 5.79. The molecule has 4 N–H and O–H groups in total. The molecule has 0 aromatic heterocycles. The first-order valence-electron chi connectivity index (χ1n) is 5.75. The molecule has 0 saturated heterocycles. The Morgan fingerprint density at radius 3 is 2.39 bits per heavy atom. The minimum Gasteiger partial charge on any atom is -0.480 e. The molecular formula is C11H22N2O4S. The highest BCUT2D eigenvalue weighted by atomic mass is 32.1. The fraction of sp³-hybridized carbons (Fsp3) is 0.818. The van der Waals surface area contributed by atoms with Crippen LogP contribution in [-0.2, 0) is 9.53 Å². The van der Waals surface area contributed by atoms with Crippen LogP contribution in [0.25, 0.3) is 0 Å². The molecule has 0 saturated carbocycles. The molecule has 0 rings (SSSR count). The van der Waals surface area contributed by atoms with E-state index in [9.17, 15) is 9.59 Å². The third-order valence-electron chi connectivity index (χ3n) is 2.01. The number of carbonyl (C=O) groups excluding carboxylic acids is 1. The minimum absolute atomic E-state index is 0.150. The highest BCUT2D eigenvalue weighted by molar-refractivity contribution is 7.81. The summed E-state index contributed by atoms with van der Waals surface area (Å²) in [7, 11) is 0. The van der Waals surface area contributed by atoms with Gasteiger partial charge in [-0.25, -0.2) is 4.79 Å². The van der Waals surface area contributed by atoms with Crippen molar-refractivity contribution in [3.05, 3.63) is 0 Å². The largest absolute Gasteiger partial charge is 0.480 e. The molecule has 0 aromatic rings. The Morgan fingerprint density at radius 2 is 1.94 bits per heavy atom. The van der Waals surface area contributed by atoms with Crippen molar-refractivity contribution >= 4 is 24.7 Å². The van der Waals surface area contributed by atoms with Gasteiger partial charge in [-0.1, -0.05) is 0 Å². The first kappa shape index (κ1) is 17.1. The van der Waals surface area contributed by atoms with Gasteiger partial charge in [-0.2, -0.15) is 12.6 Å². The van der Waals surface area contributed by atoms with E-state index in [0.717, 1.165) is 0 Å². The second kappa shape index (κ2) is 7.48. The van der Waals surface area contributed by atoms with E-state index in [-0.39, 0.29) is 5.25 Å². The van der Waals surface area contributed by atoms with Crippen LogP contribution >= 0.6 is 12.6 Å². The molecule has 2 unspecified atom stereocenters. The summed E-state index contributed by atoms with van der Waals surface area (Å²) in [6.07, 6.45) is 0.315. The van der Waals surface area contributed by atoms with Crippen molar-refractivity contribution in [3.8, 4) is 0 Å². The average molecular weight is 278 g/mol. The molecule has 0 bridgehead atoms. The van der Waals surface area contributed by atoms with E-state index < -0.39 is 23.7 Å². The first-order valence-corrected chi connectivity index (χ1v) is 6.27. The summed E-state index contributed by atoms with van der Waals surface area (Å²) in [5, 5.41) is 11.0. The van der Waals surface area contributed by atoms with Crippen LogP contribution < -0.4 is 11.1 Å². The number of aliphatic carboxylic acids is 1. The van der Waals surface area contributed by atoms with Crippen molar-refractivity contribution in [2.75, 3.05) is 6.54 Å². The summed E-state index contributed by atoms with van der Waals surface area (Å²) in [6, 6.07) is -0.888. The maximum absolute atomic E-state index is 11.3. The van der Waals surface area contributed by atoms with E-state index in [1.165, 1.54) is 0 Å². The molecule has 0 heterocycles. The lowest BCUT2D eigenvalue weighted by molar-refractivity contribution is -0.138. The molecular weight excluding hydrogens is 256 g/mol. The standard InChI is InChI=1S/C11H22N2O4S/c1-11(2,3)17-10(16)13-6-7(18)4-5-8(12)9(14)15/h7-8,18H,4-6,12H2,1-3H3,(H,13,16)(H,14,15). The number of nitrogens with one attached hydrogen (secondary N) is 1. The first-order chi connectivity index (χ1) is 8.11. The lowest BCUT2D eigenvalue weighted by Crippen LogP contribution is -2.36. The quantitative estimate of drug-likeness (QED) is 0.543. The maximum Gasteiger partial charge on any atom is 0.407 e. The fourth-order valence-corrected chi connectivity index (χ4v) is 1.35. The van der Waals surface area contributed by atoms with E-state index in [1.807, 2.05) is 0 Å². The van der Waals surface area contributed by atoms with Gasteiger partial charge >= 0.3 is 12.1 Å². The van der Waals surface area contributed by atoms with Crippen molar-refractivity contribution in [2.24, 2.45) is 5.73 Å². The molecule has 0 radical (unpaired) electrons. The predicted octanol–water partition coefficient (Wildman–Crippen LogP) is 1.00. The van der Waals surface area contributed by atoms with Gasteiger partial charge in [0, 0.05) is 11.8 Å². The highest BCUT2D eigenvalue weighted by Gasteiger charge is 2.17. The van der Waals surface area contributed by atoms with E-state index in [2.05, 4.69) is 17.9 Å². The summed E-state index contributed by atoms with van der Waals surface area (Å²) in [6.45, 7) is 5.63. The van der Waals surface area contributed by atoms with E-state index >= 15 is 0 Å². The van der Waals surface area contributed by atoms with Gasteiger partial charge < -0.3 is 20.9 Å². The second-order valence-electron chi connectivity index (χ2n) is 5.06. The van der Waals surface area contributed by atoms with Gasteiger partial charge in [-0.3, -0.25) is 4.79 Å². The summed E-state index contributed by atoms with van der Waals surface area (Å²) >= 11 is 4.24. The van der Waals surface area contributed by atoms with Gasteiger partial charge in [-0.05, 0) is 33.6 Å². The van der Waals surface area contributed by atoms with Gasteiger partial charge in [-0.15, -0.1) is 0 Å². The number of hydrogen-bond acceptors (Lipinski definition) is 5. The number of amides is 1. The summed E-state index contributed by atoms with van der Waals surface area (Å²) in [5.74, 6) is -1.03. The molecule has 0 fully saturated rings. The lowest BCUT2D eigenvalue weighted by Gasteiger charge is -2.20. The van der Waals surface area contributed by atoms with Gasteiger partial charge in [0.2, 0.25) is 0 Å². The third kappa shape index (κ3) is 9.12. The van der Waals surface area contributed by atoms with Crippen LogP contribution in [0.2, 0.25) is 0 Å². The summed E-state index contributed by atoms with van der Waals surface area (Å²) in [5.41, 5.74) is 4.82. The molecule has 2 atom stereocenters. The van der Waals surface area contributed by atoms with Crippen molar-refractivity contribution in [1.82, 2.24) is 5.32 Å². The maximum atomic E-state index is 11.3. The zero-order chi connectivity index (χ0) is 14.3. The zero-order valence-electron chi connectivity index (χ0n) is 11.0. The third-order valence-corrected chi connectivity index (χ3v) is 2.45. The van der Waals surface area contributed by atoms with Gasteiger partial charge in [0.05, 0.1) is 0 Å². The summed E-state index contributed by atoms with van der Waals surface area (Å²) in [4.78, 5) is 21.8. The normalized spacial score (nSPS) is 14.7. The van der Waals surface area contributed by atoms with E-state index in [0.29, 0.717) is 19.4 Å². The van der Waals surface area contributed by atoms with Crippen molar-refractivity contribution in [2.45, 2.75) is 50.5 Å². The van der Waals surface area contributed by atoms with Crippen LogP contribution in [0.3, 0.4) is 0 Å². The van der Waals surface area contributed by atoms with E-state index in [1.54, 1.807) is 20.8 Å². The molecule has 0 spiro atoms. The van der Waals surface area contributed by atoms with Crippen LogP contribution in [-0.4, -0.2) is 40.6 Å². The SMILES string of the molecule is CC(C)(C)OC(=O)NCC(S)CCC(N)C(=O)O. The predicted molar refractivity (Wildman–Crippen MR) is 71.9 cm³/mol. The smallest absolute Gasteiger partial charge is 0.407 e. The molecule has 7 heteroatoms. The number of carboxylic acid groups (broad SMARTS) is 1. The molecule has 6 nitrogen and oxygen atoms in total. The Balaban J connectivity index is 3.80. The van der Waals surface area contributed by atoms with Crippen LogP contribution in [0.5, 0.6) is 0 Å². The van der Waals surface area contributed by atoms with Gasteiger partial charge in [0.15, 0.2) is 0 Å². The van der Waals surface area contributed by atoms with Gasteiger partial charge in [0.1, 0.15) is 11.6 Å². The van der Waals surface area contributed by atoms with Gasteiger partial charge in [0.25, 0.3) is 0 Å². The van der Waals surface area contributed by atoms with Crippen molar-refractivity contribution in [3.63, 3.8) is 0 Å². The zero-order valence-corrected chi connectivity index (χ0v) is 11.9. The molecule has 0 aromatic carbocycles. The van der Waals surface area contributed by atoms with Crippen LogP contribution in [0.4, 0.5) is 4.79 Å². The molecule has 18 heavy (non-hydrogen) atoms. The Bertz CT molecular complexity index is 291. The molecule has 106 valence electrons. The van der Waals surface area contributed by atoms with E-state index in [4.69, 9.17) is 15.6 Å². The number of alkyl carbamates (subject to hydrolysis) is 1. The Labute approximate surface area is 113 Å². The van der Waals surface area contributed by atoms with Crippen molar-refractivity contribution < 1.29 is 19.4 Å². The summed E-state index contributed by atoms with van der Waals surface area (Å²) < 4.78 is 5.05. The topological polar surface area (TPSA) is 102 Å². The number of carbonyl (C=O) groups is 2. The molecule has 0 aliphatic rings. The average Bonchev–Trinajstić information content (AvgIpc) is 2.20. The fourth-order valence-electron chi connectivity index (χ4n) is 1.11. The molecule has 0 aliphatic heterocycles. The highest BCUT2D eigenvalue weighted by Crippen LogP contribution is 2.08. The monoisotopic (exact) mass is 278 g/mol. The van der Waals surface area contributed by atoms with Crippen molar-refractivity contribution in [1.29, 1.82) is 0 Å². The Kier molecular flexibility index (Phi) is 7.08. The number of carboxylic acids is 1. The number of thiol groups is 1. The number of hydrogen-bond donors (Lipinski definition) is 4. The van der Waals surface area contributed by atoms with Crippen LogP contribution in [0.1, 0.15) is 33.6 Å². The lowest BCUT2D eigenvalue weighted by atomic mass is 10.1. The number of rotatable bonds is 6. The Hall–Kier alpha value is -0.950. The Morgan fingerprint density at radius 1 is 1.39 bits per heavy atom. The van der Waals surface area contributed by atoms with Crippen LogP contribution in [0.15, 0.2) is 0 Å². The molecule has 0 aliphatic carbocycles.